The molecule has 18 heavy (non-hydrogen) atoms. The number of rotatable bonds is 3. The first-order chi connectivity index (χ1) is 8.42. The summed E-state index contributed by atoms with van der Waals surface area (Å²) in [6.07, 6.45) is 0. The molecule has 0 aliphatic rings. The van der Waals surface area contributed by atoms with Crippen molar-refractivity contribution >= 4 is 26.6 Å². The van der Waals surface area contributed by atoms with Gasteiger partial charge in [0, 0.05) is 5.39 Å². The molecular weight excluding hydrogens is 252 g/mol. The van der Waals surface area contributed by atoms with Gasteiger partial charge in [-0.15, -0.1) is 0 Å². The van der Waals surface area contributed by atoms with Crippen LogP contribution in [0.25, 0.3) is 10.8 Å². The number of benzene rings is 2. The number of carboxylic acid groups (broad SMARTS) is 1. The standard InChI is InChI=1S/C13H12O4S/c1-9-4-2-6-11-10(9)5-3-7-12(11)18(16,17)8-13(14)15/h2-7H,8H2,1H3,(H,14,15). The number of aliphatic carboxylic acids is 1. The quantitative estimate of drug-likeness (QED) is 0.920. The molecule has 2 aromatic rings. The summed E-state index contributed by atoms with van der Waals surface area (Å²) in [6, 6.07) is 10.2. The van der Waals surface area contributed by atoms with Crippen molar-refractivity contribution in [3.63, 3.8) is 0 Å². The number of hydrogen-bond donors (Lipinski definition) is 1. The summed E-state index contributed by atoms with van der Waals surface area (Å²) in [6.45, 7) is 1.88. The van der Waals surface area contributed by atoms with Gasteiger partial charge in [0.2, 0.25) is 0 Å². The lowest BCUT2D eigenvalue weighted by molar-refractivity contribution is -0.134. The number of fused-ring (bicyclic) bond motifs is 1. The number of carboxylic acids is 1. The van der Waals surface area contributed by atoms with E-state index in [1.165, 1.54) is 6.07 Å². The summed E-state index contributed by atoms with van der Waals surface area (Å²) in [5.74, 6) is -2.24. The van der Waals surface area contributed by atoms with E-state index in [1.54, 1.807) is 18.2 Å². The first-order valence-corrected chi connectivity index (χ1v) is 7.00. The Kier molecular flexibility index (Phi) is 3.09. The maximum Gasteiger partial charge on any atom is 0.319 e. The van der Waals surface area contributed by atoms with Crippen molar-refractivity contribution in [2.75, 3.05) is 5.75 Å². The minimum Gasteiger partial charge on any atom is -0.480 e. The second kappa shape index (κ2) is 4.42. The predicted octanol–water partition coefficient (Wildman–Crippen LogP) is 2.01. The van der Waals surface area contributed by atoms with Gasteiger partial charge in [0.05, 0.1) is 4.90 Å². The highest BCUT2D eigenvalue weighted by Crippen LogP contribution is 2.26. The van der Waals surface area contributed by atoms with Gasteiger partial charge in [-0.2, -0.15) is 0 Å². The van der Waals surface area contributed by atoms with E-state index in [0.717, 1.165) is 10.9 Å². The third-order valence-electron chi connectivity index (χ3n) is 2.75. The van der Waals surface area contributed by atoms with E-state index < -0.39 is 21.6 Å². The lowest BCUT2D eigenvalue weighted by Gasteiger charge is -2.08. The monoisotopic (exact) mass is 264 g/mol. The summed E-state index contributed by atoms with van der Waals surface area (Å²) in [7, 11) is -3.80. The SMILES string of the molecule is Cc1cccc2c(S(=O)(=O)CC(=O)O)cccc12. The van der Waals surface area contributed by atoms with Crippen LogP contribution in [0.3, 0.4) is 0 Å². The fraction of sp³-hybridized carbons (Fsp3) is 0.154. The molecule has 2 rings (SSSR count). The van der Waals surface area contributed by atoms with E-state index in [4.69, 9.17) is 5.11 Å². The molecule has 0 atom stereocenters. The Hall–Kier alpha value is -1.88. The normalized spacial score (nSPS) is 11.6. The third-order valence-corrected chi connectivity index (χ3v) is 4.40. The Morgan fingerprint density at radius 2 is 1.72 bits per heavy atom. The highest BCUT2D eigenvalue weighted by molar-refractivity contribution is 7.92. The number of carbonyl (C=O) groups is 1. The Balaban J connectivity index is 2.73. The molecule has 0 aliphatic heterocycles. The van der Waals surface area contributed by atoms with Crippen LogP contribution in [0.5, 0.6) is 0 Å². The van der Waals surface area contributed by atoms with Crippen molar-refractivity contribution in [3.8, 4) is 0 Å². The molecule has 0 unspecified atom stereocenters. The molecule has 2 aromatic carbocycles. The van der Waals surface area contributed by atoms with Gasteiger partial charge in [0.25, 0.3) is 0 Å². The maximum absolute atomic E-state index is 12.0. The van der Waals surface area contributed by atoms with Crippen LogP contribution in [0.2, 0.25) is 0 Å². The van der Waals surface area contributed by atoms with Crippen LogP contribution in [-0.4, -0.2) is 25.2 Å². The molecule has 0 radical (unpaired) electrons. The van der Waals surface area contributed by atoms with Gasteiger partial charge in [0.1, 0.15) is 0 Å². The van der Waals surface area contributed by atoms with Crippen molar-refractivity contribution in [3.05, 3.63) is 42.0 Å². The van der Waals surface area contributed by atoms with Crippen LogP contribution >= 0.6 is 0 Å². The van der Waals surface area contributed by atoms with E-state index in [1.807, 2.05) is 19.1 Å². The minimum atomic E-state index is -3.80. The second-order valence-corrected chi connectivity index (χ2v) is 6.04. The molecule has 0 saturated carbocycles. The zero-order chi connectivity index (χ0) is 13.3. The van der Waals surface area contributed by atoms with Crippen LogP contribution in [-0.2, 0) is 14.6 Å². The van der Waals surface area contributed by atoms with Gasteiger partial charge in [0.15, 0.2) is 15.6 Å². The molecule has 5 heteroatoms. The van der Waals surface area contributed by atoms with Crippen molar-refractivity contribution in [2.24, 2.45) is 0 Å². The lowest BCUT2D eigenvalue weighted by Crippen LogP contribution is -2.15. The fourth-order valence-corrected chi connectivity index (χ4v) is 3.23. The summed E-state index contributed by atoms with van der Waals surface area (Å²) >= 11 is 0. The Labute approximate surface area is 105 Å². The third kappa shape index (κ3) is 2.22. The molecule has 94 valence electrons. The average molecular weight is 264 g/mol. The Bertz CT molecular complexity index is 717. The first-order valence-electron chi connectivity index (χ1n) is 5.35. The van der Waals surface area contributed by atoms with Crippen LogP contribution in [0.1, 0.15) is 5.56 Å². The first kappa shape index (κ1) is 12.6. The van der Waals surface area contributed by atoms with Gasteiger partial charge in [-0.1, -0.05) is 30.3 Å². The van der Waals surface area contributed by atoms with Crippen LogP contribution < -0.4 is 0 Å². The number of hydrogen-bond acceptors (Lipinski definition) is 3. The number of aryl methyl sites for hydroxylation is 1. The maximum atomic E-state index is 12.0. The molecule has 0 bridgehead atoms. The molecule has 4 nitrogen and oxygen atoms in total. The summed E-state index contributed by atoms with van der Waals surface area (Å²) in [5.41, 5.74) is 0.958. The predicted molar refractivity (Wildman–Crippen MR) is 68.4 cm³/mol. The van der Waals surface area contributed by atoms with E-state index in [2.05, 4.69) is 0 Å². The van der Waals surface area contributed by atoms with Gasteiger partial charge in [-0.25, -0.2) is 8.42 Å². The van der Waals surface area contributed by atoms with Crippen LogP contribution in [0, 0.1) is 6.92 Å². The number of sulfone groups is 1. The zero-order valence-corrected chi connectivity index (χ0v) is 10.6. The topological polar surface area (TPSA) is 71.4 Å². The van der Waals surface area contributed by atoms with Gasteiger partial charge >= 0.3 is 5.97 Å². The lowest BCUT2D eigenvalue weighted by atomic mass is 10.1. The highest BCUT2D eigenvalue weighted by atomic mass is 32.2. The second-order valence-electron chi connectivity index (χ2n) is 4.08. The average Bonchev–Trinajstić information content (AvgIpc) is 2.27. The van der Waals surface area contributed by atoms with E-state index >= 15 is 0 Å². The summed E-state index contributed by atoms with van der Waals surface area (Å²) in [5, 5.41) is 10.0. The summed E-state index contributed by atoms with van der Waals surface area (Å²) in [4.78, 5) is 10.7. The van der Waals surface area contributed by atoms with Crippen molar-refractivity contribution in [1.29, 1.82) is 0 Å². The highest BCUT2D eigenvalue weighted by Gasteiger charge is 2.21. The van der Waals surface area contributed by atoms with Gasteiger partial charge in [-0.05, 0) is 23.9 Å². The van der Waals surface area contributed by atoms with E-state index in [0.29, 0.717) is 5.39 Å². The van der Waals surface area contributed by atoms with E-state index in [-0.39, 0.29) is 4.90 Å². The van der Waals surface area contributed by atoms with E-state index in [9.17, 15) is 13.2 Å². The van der Waals surface area contributed by atoms with Crippen LogP contribution in [0.4, 0.5) is 0 Å². The fourth-order valence-electron chi connectivity index (χ4n) is 1.95. The molecule has 0 amide bonds. The zero-order valence-electron chi connectivity index (χ0n) is 9.75. The van der Waals surface area contributed by atoms with Crippen molar-refractivity contribution in [1.82, 2.24) is 0 Å². The Morgan fingerprint density at radius 3 is 2.39 bits per heavy atom. The molecular formula is C13H12O4S. The molecule has 0 aromatic heterocycles. The minimum absolute atomic E-state index is 0.0751. The molecule has 0 heterocycles. The van der Waals surface area contributed by atoms with Gasteiger partial charge < -0.3 is 5.11 Å². The molecule has 0 spiro atoms. The Morgan fingerprint density at radius 1 is 1.11 bits per heavy atom. The van der Waals surface area contributed by atoms with Crippen molar-refractivity contribution < 1.29 is 18.3 Å². The molecule has 0 fully saturated rings. The molecule has 0 saturated heterocycles. The van der Waals surface area contributed by atoms with Gasteiger partial charge in [-0.3, -0.25) is 4.79 Å². The molecule has 0 aliphatic carbocycles. The smallest absolute Gasteiger partial charge is 0.319 e. The van der Waals surface area contributed by atoms with Crippen LogP contribution in [0.15, 0.2) is 41.3 Å². The summed E-state index contributed by atoms with van der Waals surface area (Å²) < 4.78 is 24.0. The molecule has 1 N–H and O–H groups in total. The largest absolute Gasteiger partial charge is 0.480 e. The van der Waals surface area contributed by atoms with Crippen molar-refractivity contribution in [2.45, 2.75) is 11.8 Å².